The molecule has 1 aliphatic heterocycles. The van der Waals surface area contributed by atoms with Crippen LogP contribution in [0.1, 0.15) is 12.8 Å². The molecular weight excluding hydrogens is 362 g/mol. The second-order valence-corrected chi connectivity index (χ2v) is 5.90. The number of halogens is 2. The fourth-order valence-corrected chi connectivity index (χ4v) is 2.57. The van der Waals surface area contributed by atoms with Crippen LogP contribution in [0.15, 0.2) is 18.2 Å². The van der Waals surface area contributed by atoms with Crippen LogP contribution in [-0.2, 0) is 14.3 Å². The average molecular weight is 384 g/mol. The summed E-state index contributed by atoms with van der Waals surface area (Å²) in [5, 5.41) is 8.16. The summed E-state index contributed by atoms with van der Waals surface area (Å²) in [5.41, 5.74) is -0.326. The molecular formula is C17H22F2N4O4. The van der Waals surface area contributed by atoms with Crippen molar-refractivity contribution < 1.29 is 27.9 Å². The lowest BCUT2D eigenvalue weighted by atomic mass is 10.1. The first-order chi connectivity index (χ1) is 12.9. The summed E-state index contributed by atoms with van der Waals surface area (Å²) in [7, 11) is 1.60. The Morgan fingerprint density at radius 3 is 2.74 bits per heavy atom. The quantitative estimate of drug-likeness (QED) is 0.404. The number of amides is 4. The molecule has 27 heavy (non-hydrogen) atoms. The molecule has 1 aliphatic rings. The molecule has 10 heteroatoms. The van der Waals surface area contributed by atoms with Gasteiger partial charge in [-0.1, -0.05) is 0 Å². The van der Waals surface area contributed by atoms with Crippen molar-refractivity contribution in [2.24, 2.45) is 0 Å². The van der Waals surface area contributed by atoms with E-state index in [4.69, 9.17) is 4.74 Å². The Bertz CT molecular complexity index is 702. The Balaban J connectivity index is 1.80. The second kappa shape index (κ2) is 9.93. The summed E-state index contributed by atoms with van der Waals surface area (Å²) in [6, 6.07) is 0.830. The second-order valence-electron chi connectivity index (χ2n) is 5.90. The Morgan fingerprint density at radius 2 is 2.04 bits per heavy atom. The normalized spacial score (nSPS) is 16.6. The Labute approximate surface area is 155 Å². The molecule has 1 atom stereocenters. The standard InChI is InChI=1S/C17H22F2N4O4/c1-27-9-8-20-6-7-21-15(24)5-3-13-16(25)23(17(26)22-13)14-4-2-11(18)10-12(14)19/h2,4,10,13,20H,3,5-9H2,1H3,(H,21,24)(H,22,26). The van der Waals surface area contributed by atoms with Crippen molar-refractivity contribution in [1.82, 2.24) is 16.0 Å². The minimum absolute atomic E-state index is 0.0223. The third-order valence-electron chi connectivity index (χ3n) is 3.94. The number of rotatable bonds is 10. The van der Waals surface area contributed by atoms with Gasteiger partial charge in [-0.15, -0.1) is 0 Å². The van der Waals surface area contributed by atoms with Crippen LogP contribution in [0.2, 0.25) is 0 Å². The highest BCUT2D eigenvalue weighted by Gasteiger charge is 2.40. The minimum atomic E-state index is -1.02. The molecule has 1 saturated heterocycles. The number of hydrogen-bond donors (Lipinski definition) is 3. The largest absolute Gasteiger partial charge is 0.383 e. The van der Waals surface area contributed by atoms with E-state index in [-0.39, 0.29) is 24.4 Å². The number of carbonyl (C=O) groups excluding carboxylic acids is 3. The summed E-state index contributed by atoms with van der Waals surface area (Å²) >= 11 is 0. The lowest BCUT2D eigenvalue weighted by molar-refractivity contribution is -0.121. The van der Waals surface area contributed by atoms with Crippen molar-refractivity contribution in [3.8, 4) is 0 Å². The van der Waals surface area contributed by atoms with Gasteiger partial charge in [-0.3, -0.25) is 9.59 Å². The number of methoxy groups -OCH3 is 1. The lowest BCUT2D eigenvalue weighted by Gasteiger charge is -2.14. The van der Waals surface area contributed by atoms with E-state index in [1.54, 1.807) is 7.11 Å². The third kappa shape index (κ3) is 5.69. The molecule has 8 nitrogen and oxygen atoms in total. The van der Waals surface area contributed by atoms with Gasteiger partial charge in [0.05, 0.1) is 12.3 Å². The first kappa shape index (κ1) is 20.7. The van der Waals surface area contributed by atoms with Gasteiger partial charge in [0.2, 0.25) is 5.91 Å². The molecule has 1 fully saturated rings. The number of imide groups is 1. The van der Waals surface area contributed by atoms with Crippen LogP contribution in [0.5, 0.6) is 0 Å². The summed E-state index contributed by atoms with van der Waals surface area (Å²) in [6.45, 7) is 2.24. The summed E-state index contributed by atoms with van der Waals surface area (Å²) < 4.78 is 31.7. The van der Waals surface area contributed by atoms with Crippen LogP contribution < -0.4 is 20.9 Å². The van der Waals surface area contributed by atoms with Crippen LogP contribution in [0.4, 0.5) is 19.3 Å². The number of nitrogens with zero attached hydrogens (tertiary/aromatic N) is 1. The summed E-state index contributed by atoms with van der Waals surface area (Å²) in [6.07, 6.45) is 0.0985. The highest BCUT2D eigenvalue weighted by Crippen LogP contribution is 2.24. The smallest absolute Gasteiger partial charge is 0.329 e. The van der Waals surface area contributed by atoms with E-state index in [1.807, 2.05) is 0 Å². The van der Waals surface area contributed by atoms with Crippen molar-refractivity contribution in [3.05, 3.63) is 29.8 Å². The third-order valence-corrected chi connectivity index (χ3v) is 3.94. The number of urea groups is 1. The molecule has 2 rings (SSSR count). The number of carbonyl (C=O) groups is 3. The van der Waals surface area contributed by atoms with Crippen LogP contribution in [0, 0.1) is 11.6 Å². The van der Waals surface area contributed by atoms with E-state index >= 15 is 0 Å². The van der Waals surface area contributed by atoms with Crippen molar-refractivity contribution in [2.45, 2.75) is 18.9 Å². The maximum atomic E-state index is 13.8. The molecule has 1 aromatic carbocycles. The average Bonchev–Trinajstić information content (AvgIpc) is 2.90. The van der Waals surface area contributed by atoms with Crippen LogP contribution in [-0.4, -0.2) is 57.2 Å². The van der Waals surface area contributed by atoms with Gasteiger partial charge in [-0.2, -0.15) is 0 Å². The van der Waals surface area contributed by atoms with Crippen molar-refractivity contribution in [1.29, 1.82) is 0 Å². The van der Waals surface area contributed by atoms with Gasteiger partial charge in [0.1, 0.15) is 17.7 Å². The van der Waals surface area contributed by atoms with Crippen LogP contribution >= 0.6 is 0 Å². The minimum Gasteiger partial charge on any atom is -0.383 e. The van der Waals surface area contributed by atoms with E-state index in [0.717, 1.165) is 12.1 Å². The fraction of sp³-hybridized carbons (Fsp3) is 0.471. The SMILES string of the molecule is COCCNCCNC(=O)CCC1NC(=O)N(c2ccc(F)cc2F)C1=O. The molecule has 1 heterocycles. The molecule has 148 valence electrons. The van der Waals surface area contributed by atoms with Gasteiger partial charge in [0.15, 0.2) is 0 Å². The van der Waals surface area contributed by atoms with Crippen LogP contribution in [0.25, 0.3) is 0 Å². The number of benzene rings is 1. The monoisotopic (exact) mass is 384 g/mol. The lowest BCUT2D eigenvalue weighted by Crippen LogP contribution is -2.35. The van der Waals surface area contributed by atoms with Gasteiger partial charge in [-0.25, -0.2) is 18.5 Å². The molecule has 0 bridgehead atoms. The first-order valence-electron chi connectivity index (χ1n) is 8.50. The molecule has 4 amide bonds. The zero-order chi connectivity index (χ0) is 19.8. The maximum absolute atomic E-state index is 13.8. The van der Waals surface area contributed by atoms with Crippen molar-refractivity contribution in [3.63, 3.8) is 0 Å². The molecule has 1 unspecified atom stereocenters. The Morgan fingerprint density at radius 1 is 1.26 bits per heavy atom. The molecule has 0 spiro atoms. The number of ether oxygens (including phenoxy) is 1. The molecule has 1 aromatic rings. The zero-order valence-corrected chi connectivity index (χ0v) is 14.9. The molecule has 0 aliphatic carbocycles. The van der Waals surface area contributed by atoms with Crippen molar-refractivity contribution in [2.75, 3.05) is 38.3 Å². The summed E-state index contributed by atoms with van der Waals surface area (Å²) in [4.78, 5) is 36.8. The van der Waals surface area contributed by atoms with Gasteiger partial charge in [-0.05, 0) is 18.6 Å². The van der Waals surface area contributed by atoms with Gasteiger partial charge in [0, 0.05) is 39.2 Å². The fourth-order valence-electron chi connectivity index (χ4n) is 2.57. The number of hydrogen-bond acceptors (Lipinski definition) is 5. The number of nitrogens with one attached hydrogen (secondary N) is 3. The van der Waals surface area contributed by atoms with E-state index in [9.17, 15) is 23.2 Å². The van der Waals surface area contributed by atoms with E-state index in [2.05, 4.69) is 16.0 Å². The first-order valence-corrected chi connectivity index (χ1v) is 8.50. The predicted molar refractivity (Wildman–Crippen MR) is 93.2 cm³/mol. The van der Waals surface area contributed by atoms with Gasteiger partial charge >= 0.3 is 6.03 Å². The van der Waals surface area contributed by atoms with Crippen LogP contribution in [0.3, 0.4) is 0 Å². The highest BCUT2D eigenvalue weighted by molar-refractivity contribution is 6.21. The Kier molecular flexibility index (Phi) is 7.62. The van der Waals surface area contributed by atoms with Gasteiger partial charge in [0.25, 0.3) is 5.91 Å². The van der Waals surface area contributed by atoms with Crippen molar-refractivity contribution >= 4 is 23.5 Å². The molecule has 0 radical (unpaired) electrons. The van der Waals surface area contributed by atoms with E-state index in [0.29, 0.717) is 37.2 Å². The molecule has 3 N–H and O–H groups in total. The Hall–Kier alpha value is -2.59. The van der Waals surface area contributed by atoms with E-state index < -0.39 is 29.6 Å². The predicted octanol–water partition coefficient (Wildman–Crippen LogP) is 0.522. The van der Waals surface area contributed by atoms with Gasteiger partial charge < -0.3 is 20.7 Å². The molecule has 0 aromatic heterocycles. The maximum Gasteiger partial charge on any atom is 0.329 e. The number of anilines is 1. The topological polar surface area (TPSA) is 99.8 Å². The zero-order valence-electron chi connectivity index (χ0n) is 14.9. The summed E-state index contributed by atoms with van der Waals surface area (Å²) in [5.74, 6) is -2.78. The molecule has 0 saturated carbocycles. The van der Waals surface area contributed by atoms with E-state index in [1.165, 1.54) is 0 Å². The highest BCUT2D eigenvalue weighted by atomic mass is 19.1.